The third kappa shape index (κ3) is 4.60. The van der Waals surface area contributed by atoms with Gasteiger partial charge in [0, 0.05) is 54.6 Å². The average Bonchev–Trinajstić information content (AvgIpc) is 2.63. The number of nitriles is 1. The van der Waals surface area contributed by atoms with Crippen molar-refractivity contribution in [2.24, 2.45) is 0 Å². The molecule has 0 amide bonds. The smallest absolute Gasteiger partial charge is 0.145 e. The molecule has 3 rings (SSSR count). The Morgan fingerprint density at radius 3 is 2.58 bits per heavy atom. The fourth-order valence-corrected chi connectivity index (χ4v) is 3.69. The molecule has 0 bridgehead atoms. The van der Waals surface area contributed by atoms with Crippen molar-refractivity contribution in [2.45, 2.75) is 13.1 Å². The summed E-state index contributed by atoms with van der Waals surface area (Å²) in [4.78, 5) is 10.3. The van der Waals surface area contributed by atoms with Crippen LogP contribution in [0, 0.1) is 11.3 Å². The van der Waals surface area contributed by atoms with Gasteiger partial charge in [-0.15, -0.1) is 0 Å². The van der Waals surface area contributed by atoms with E-state index in [9.17, 15) is 4.21 Å². The second-order valence-corrected chi connectivity index (χ2v) is 7.39. The lowest BCUT2D eigenvalue weighted by Crippen LogP contribution is -2.37. The first-order valence-electron chi connectivity index (χ1n) is 7.84. The molecule has 0 saturated carbocycles. The Balaban J connectivity index is 1.52. The van der Waals surface area contributed by atoms with Gasteiger partial charge in [-0.25, -0.2) is 9.97 Å². The third-order valence-corrected chi connectivity index (χ3v) is 5.23. The summed E-state index contributed by atoms with van der Waals surface area (Å²) in [6.07, 6.45) is 1.38. The number of anilines is 1. The van der Waals surface area contributed by atoms with Gasteiger partial charge in [-0.1, -0.05) is 24.3 Å². The lowest BCUT2D eigenvalue weighted by atomic mass is 10.1. The minimum atomic E-state index is -0.626. The van der Waals surface area contributed by atoms with E-state index in [1.54, 1.807) is 6.07 Å². The largest absolute Gasteiger partial charge is 0.366 e. The number of hydrogen-bond acceptors (Lipinski definition) is 6. The summed E-state index contributed by atoms with van der Waals surface area (Å²) in [7, 11) is -0.626. The summed E-state index contributed by atoms with van der Waals surface area (Å²) in [6, 6.07) is 12.1. The van der Waals surface area contributed by atoms with Crippen LogP contribution in [-0.4, -0.2) is 43.7 Å². The molecule has 0 unspecified atom stereocenters. The van der Waals surface area contributed by atoms with Gasteiger partial charge >= 0.3 is 0 Å². The van der Waals surface area contributed by atoms with Gasteiger partial charge in [0.05, 0.1) is 0 Å². The standard InChI is InChI=1S/C17H19N5OS/c18-10-16-9-17(21-13-20-16)19-11-14-1-3-15(4-2-14)12-22-5-7-24(23)8-6-22/h1-4,9,13H,5-8,11-12H2,(H,19,20,21). The van der Waals surface area contributed by atoms with E-state index in [1.165, 1.54) is 11.9 Å². The van der Waals surface area contributed by atoms with Crippen LogP contribution in [0.25, 0.3) is 0 Å². The van der Waals surface area contributed by atoms with E-state index >= 15 is 0 Å². The number of nitrogens with one attached hydrogen (secondary N) is 1. The van der Waals surface area contributed by atoms with Crippen molar-refractivity contribution in [3.8, 4) is 6.07 Å². The van der Waals surface area contributed by atoms with Crippen molar-refractivity contribution in [1.29, 1.82) is 5.26 Å². The summed E-state index contributed by atoms with van der Waals surface area (Å²) in [5.41, 5.74) is 2.76. The lowest BCUT2D eigenvalue weighted by Gasteiger charge is -2.26. The van der Waals surface area contributed by atoms with E-state index in [2.05, 4.69) is 44.5 Å². The van der Waals surface area contributed by atoms with Crippen LogP contribution in [0.3, 0.4) is 0 Å². The van der Waals surface area contributed by atoms with Crippen molar-refractivity contribution in [1.82, 2.24) is 14.9 Å². The zero-order valence-electron chi connectivity index (χ0n) is 13.3. The van der Waals surface area contributed by atoms with Gasteiger partial charge in [0.15, 0.2) is 0 Å². The van der Waals surface area contributed by atoms with E-state index in [1.807, 2.05) is 6.07 Å². The Hall–Kier alpha value is -2.30. The van der Waals surface area contributed by atoms with Gasteiger partial charge in [0.25, 0.3) is 0 Å². The molecule has 24 heavy (non-hydrogen) atoms. The molecule has 0 atom stereocenters. The molecule has 1 saturated heterocycles. The fraction of sp³-hybridized carbons (Fsp3) is 0.353. The summed E-state index contributed by atoms with van der Waals surface area (Å²) in [5.74, 6) is 2.21. The second-order valence-electron chi connectivity index (χ2n) is 5.69. The van der Waals surface area contributed by atoms with E-state index in [4.69, 9.17) is 5.26 Å². The first-order valence-corrected chi connectivity index (χ1v) is 9.33. The van der Waals surface area contributed by atoms with Gasteiger partial charge < -0.3 is 5.32 Å². The number of nitrogens with zero attached hydrogens (tertiary/aromatic N) is 4. The van der Waals surface area contributed by atoms with E-state index in [0.717, 1.165) is 36.7 Å². The summed E-state index contributed by atoms with van der Waals surface area (Å²) in [6.45, 7) is 3.36. The van der Waals surface area contributed by atoms with Crippen LogP contribution in [0.2, 0.25) is 0 Å². The molecule has 6 nitrogen and oxygen atoms in total. The molecule has 2 heterocycles. The molecule has 2 aromatic rings. The van der Waals surface area contributed by atoms with Crippen LogP contribution in [0.15, 0.2) is 36.7 Å². The molecule has 1 aromatic heterocycles. The molecule has 7 heteroatoms. The highest BCUT2D eigenvalue weighted by Crippen LogP contribution is 2.11. The Morgan fingerprint density at radius 2 is 1.88 bits per heavy atom. The molecule has 1 aliphatic rings. The Kier molecular flexibility index (Phi) is 5.51. The maximum absolute atomic E-state index is 11.4. The van der Waals surface area contributed by atoms with Crippen LogP contribution >= 0.6 is 0 Å². The maximum Gasteiger partial charge on any atom is 0.145 e. The molecule has 1 fully saturated rings. The van der Waals surface area contributed by atoms with E-state index < -0.39 is 10.8 Å². The quantitative estimate of drug-likeness (QED) is 0.888. The molecule has 1 aromatic carbocycles. The number of benzene rings is 1. The van der Waals surface area contributed by atoms with Gasteiger partial charge in [0.2, 0.25) is 0 Å². The van der Waals surface area contributed by atoms with Gasteiger partial charge in [-0.3, -0.25) is 9.11 Å². The zero-order chi connectivity index (χ0) is 16.8. The minimum absolute atomic E-state index is 0.352. The SMILES string of the molecule is N#Cc1cc(NCc2ccc(CN3CCS(=O)CC3)cc2)ncn1. The Labute approximate surface area is 144 Å². The first-order chi connectivity index (χ1) is 11.7. The number of aromatic nitrogens is 2. The zero-order valence-corrected chi connectivity index (χ0v) is 14.1. The minimum Gasteiger partial charge on any atom is -0.366 e. The van der Waals surface area contributed by atoms with Crippen molar-refractivity contribution in [3.63, 3.8) is 0 Å². The molecule has 1 aliphatic heterocycles. The van der Waals surface area contributed by atoms with Gasteiger partial charge in [-0.05, 0) is 11.1 Å². The summed E-state index contributed by atoms with van der Waals surface area (Å²) >= 11 is 0. The van der Waals surface area contributed by atoms with Crippen LogP contribution in [-0.2, 0) is 23.9 Å². The first kappa shape index (κ1) is 16.6. The normalized spacial score (nSPS) is 15.8. The lowest BCUT2D eigenvalue weighted by molar-refractivity contribution is 0.291. The third-order valence-electron chi connectivity index (χ3n) is 3.95. The summed E-state index contributed by atoms with van der Waals surface area (Å²) < 4.78 is 11.4. The van der Waals surface area contributed by atoms with Gasteiger partial charge in [0.1, 0.15) is 23.9 Å². The van der Waals surface area contributed by atoms with E-state index in [-0.39, 0.29) is 0 Å². The molecule has 1 N–H and O–H groups in total. The van der Waals surface area contributed by atoms with E-state index in [0.29, 0.717) is 18.1 Å². The van der Waals surface area contributed by atoms with Crippen molar-refractivity contribution in [3.05, 3.63) is 53.5 Å². The molecule has 0 radical (unpaired) electrons. The van der Waals surface area contributed by atoms with Crippen LogP contribution in [0.5, 0.6) is 0 Å². The average molecular weight is 341 g/mol. The fourth-order valence-electron chi connectivity index (χ4n) is 2.56. The Bertz CT molecular complexity index is 746. The molecule has 0 aliphatic carbocycles. The second kappa shape index (κ2) is 7.99. The predicted molar refractivity (Wildman–Crippen MR) is 93.7 cm³/mol. The van der Waals surface area contributed by atoms with Crippen LogP contribution in [0.4, 0.5) is 5.82 Å². The molecule has 124 valence electrons. The maximum atomic E-state index is 11.4. The highest BCUT2D eigenvalue weighted by Gasteiger charge is 2.14. The van der Waals surface area contributed by atoms with Crippen LogP contribution < -0.4 is 5.32 Å². The van der Waals surface area contributed by atoms with Gasteiger partial charge in [-0.2, -0.15) is 5.26 Å². The molecule has 0 spiro atoms. The number of rotatable bonds is 5. The summed E-state index contributed by atoms with van der Waals surface area (Å²) in [5, 5.41) is 12.0. The molecular weight excluding hydrogens is 322 g/mol. The monoisotopic (exact) mass is 341 g/mol. The van der Waals surface area contributed by atoms with Crippen LogP contribution in [0.1, 0.15) is 16.8 Å². The topological polar surface area (TPSA) is 81.9 Å². The predicted octanol–water partition coefficient (Wildman–Crippen LogP) is 1.52. The van der Waals surface area contributed by atoms with Crippen molar-refractivity contribution in [2.75, 3.05) is 29.9 Å². The van der Waals surface area contributed by atoms with Crippen molar-refractivity contribution < 1.29 is 4.21 Å². The highest BCUT2D eigenvalue weighted by atomic mass is 32.2. The Morgan fingerprint density at radius 1 is 1.17 bits per heavy atom. The highest BCUT2D eigenvalue weighted by molar-refractivity contribution is 7.85. The molecular formula is C17H19N5OS. The van der Waals surface area contributed by atoms with Crippen molar-refractivity contribution >= 4 is 16.6 Å². The number of hydrogen-bond donors (Lipinski definition) is 1.